The predicted octanol–water partition coefficient (Wildman–Crippen LogP) is 0.675. The second-order valence-electron chi connectivity index (χ2n) is 6.68. The van der Waals surface area contributed by atoms with Crippen molar-refractivity contribution < 1.29 is 4.79 Å². The van der Waals surface area contributed by atoms with Gasteiger partial charge in [0.1, 0.15) is 5.82 Å². The normalized spacial score (nSPS) is 15.8. The number of nitrogens with zero attached hydrogens (tertiary/aromatic N) is 5. The third kappa shape index (κ3) is 3.64. The number of fused-ring (bicyclic) bond motifs is 1. The minimum absolute atomic E-state index is 0.127. The Balaban J connectivity index is 1.84. The van der Waals surface area contributed by atoms with Crippen molar-refractivity contribution in [2.45, 2.75) is 39.3 Å². The highest BCUT2D eigenvalue weighted by Gasteiger charge is 2.25. The molecule has 2 aromatic rings. The molecule has 0 unspecified atom stereocenters. The van der Waals surface area contributed by atoms with Gasteiger partial charge in [-0.3, -0.25) is 9.48 Å². The van der Waals surface area contributed by atoms with Crippen molar-refractivity contribution in [2.75, 3.05) is 13.1 Å². The van der Waals surface area contributed by atoms with E-state index in [0.29, 0.717) is 11.5 Å². The Hall–Kier alpha value is -2.22. The zero-order valence-electron chi connectivity index (χ0n) is 14.5. The smallest absolute Gasteiger partial charge is 0.255 e. The first kappa shape index (κ1) is 16.6. The fraction of sp³-hybridized carbons (Fsp3) is 0.625. The van der Waals surface area contributed by atoms with Crippen LogP contribution in [0.1, 0.15) is 48.3 Å². The quantitative estimate of drug-likeness (QED) is 0.841. The Kier molecular flexibility index (Phi) is 4.94. The number of hydrogen-bond acceptors (Lipinski definition) is 5. The topological polar surface area (TPSA) is 89.7 Å². The maximum atomic E-state index is 12.5. The summed E-state index contributed by atoms with van der Waals surface area (Å²) in [5.41, 5.74) is 0.559. The standard InChI is InChI=1S/C16H25N7O/c1-11(2)8-13(19-16(24)12-9-18-22(3)10-12)15-21-20-14-4-5-17-6-7-23(14)15/h9-11,13,17H,4-8H2,1-3H3,(H,19,24)/t13-/m0/s1. The van der Waals surface area contributed by atoms with Gasteiger partial charge >= 0.3 is 0 Å². The molecule has 0 spiro atoms. The van der Waals surface area contributed by atoms with E-state index in [2.05, 4.69) is 44.3 Å². The number of carbonyl (C=O) groups is 1. The average Bonchev–Trinajstić information content (AvgIpc) is 3.06. The summed E-state index contributed by atoms with van der Waals surface area (Å²) >= 11 is 0. The van der Waals surface area contributed by atoms with E-state index in [0.717, 1.165) is 44.1 Å². The second kappa shape index (κ2) is 7.12. The highest BCUT2D eigenvalue weighted by Crippen LogP contribution is 2.22. The van der Waals surface area contributed by atoms with E-state index < -0.39 is 0 Å². The first-order valence-corrected chi connectivity index (χ1v) is 8.46. The van der Waals surface area contributed by atoms with Crippen LogP contribution in [0.5, 0.6) is 0 Å². The summed E-state index contributed by atoms with van der Waals surface area (Å²) in [4.78, 5) is 12.5. The average molecular weight is 331 g/mol. The van der Waals surface area contributed by atoms with Crippen LogP contribution in [0.3, 0.4) is 0 Å². The van der Waals surface area contributed by atoms with E-state index in [1.165, 1.54) is 0 Å². The van der Waals surface area contributed by atoms with Crippen LogP contribution in [0, 0.1) is 5.92 Å². The molecule has 0 fully saturated rings. The monoisotopic (exact) mass is 331 g/mol. The van der Waals surface area contributed by atoms with E-state index in [1.54, 1.807) is 24.1 Å². The zero-order valence-corrected chi connectivity index (χ0v) is 14.5. The lowest BCUT2D eigenvalue weighted by atomic mass is 10.0. The second-order valence-corrected chi connectivity index (χ2v) is 6.68. The molecule has 8 nitrogen and oxygen atoms in total. The van der Waals surface area contributed by atoms with Crippen molar-refractivity contribution in [2.24, 2.45) is 13.0 Å². The molecule has 2 N–H and O–H groups in total. The fourth-order valence-corrected chi connectivity index (χ4v) is 3.03. The Labute approximate surface area is 141 Å². The van der Waals surface area contributed by atoms with E-state index >= 15 is 0 Å². The minimum Gasteiger partial charge on any atom is -0.342 e. The third-order valence-electron chi connectivity index (χ3n) is 4.18. The molecule has 3 heterocycles. The summed E-state index contributed by atoms with van der Waals surface area (Å²) in [7, 11) is 1.80. The lowest BCUT2D eigenvalue weighted by molar-refractivity contribution is 0.0929. The van der Waals surface area contributed by atoms with E-state index in [9.17, 15) is 4.79 Å². The molecule has 1 aliphatic heterocycles. The van der Waals surface area contributed by atoms with Gasteiger partial charge in [0, 0.05) is 39.3 Å². The van der Waals surface area contributed by atoms with Crippen molar-refractivity contribution >= 4 is 5.91 Å². The summed E-state index contributed by atoms with van der Waals surface area (Å²) in [6, 6.07) is -0.156. The Morgan fingerprint density at radius 3 is 2.92 bits per heavy atom. The summed E-state index contributed by atoms with van der Waals surface area (Å²) in [6.07, 6.45) is 4.97. The molecule has 3 rings (SSSR count). The molecular formula is C16H25N7O. The number of carbonyl (C=O) groups excluding carboxylic acids is 1. The predicted molar refractivity (Wildman–Crippen MR) is 89.5 cm³/mol. The van der Waals surface area contributed by atoms with Gasteiger partial charge < -0.3 is 15.2 Å². The molecule has 1 atom stereocenters. The number of aromatic nitrogens is 5. The minimum atomic E-state index is -0.156. The maximum Gasteiger partial charge on any atom is 0.255 e. The Morgan fingerprint density at radius 1 is 1.38 bits per heavy atom. The molecule has 1 amide bonds. The van der Waals surface area contributed by atoms with Crippen LogP contribution in [0.2, 0.25) is 0 Å². The van der Waals surface area contributed by atoms with Crippen molar-refractivity contribution in [1.82, 2.24) is 35.2 Å². The number of hydrogen-bond donors (Lipinski definition) is 2. The summed E-state index contributed by atoms with van der Waals surface area (Å²) in [5, 5.41) is 19.3. The molecule has 1 aliphatic rings. The Morgan fingerprint density at radius 2 is 2.21 bits per heavy atom. The van der Waals surface area contributed by atoms with E-state index in [4.69, 9.17) is 0 Å². The number of amides is 1. The fourth-order valence-electron chi connectivity index (χ4n) is 3.03. The summed E-state index contributed by atoms with van der Waals surface area (Å²) in [5.74, 6) is 2.14. The van der Waals surface area contributed by atoms with Crippen LogP contribution in [0.15, 0.2) is 12.4 Å². The molecule has 0 aromatic carbocycles. The van der Waals surface area contributed by atoms with E-state index in [-0.39, 0.29) is 11.9 Å². The maximum absolute atomic E-state index is 12.5. The van der Waals surface area contributed by atoms with Crippen molar-refractivity contribution in [1.29, 1.82) is 0 Å². The first-order valence-electron chi connectivity index (χ1n) is 8.46. The molecule has 0 radical (unpaired) electrons. The molecule has 130 valence electrons. The number of nitrogens with one attached hydrogen (secondary N) is 2. The third-order valence-corrected chi connectivity index (χ3v) is 4.18. The SMILES string of the molecule is CC(C)C[C@H](NC(=O)c1cnn(C)c1)c1nnc2n1CCNCC2. The van der Waals surface area contributed by atoms with Gasteiger partial charge in [0.05, 0.1) is 17.8 Å². The molecule has 0 aliphatic carbocycles. The lowest BCUT2D eigenvalue weighted by Gasteiger charge is -2.20. The van der Waals surface area contributed by atoms with Gasteiger partial charge in [0.25, 0.3) is 5.91 Å². The van der Waals surface area contributed by atoms with Crippen LogP contribution in [-0.2, 0) is 20.0 Å². The van der Waals surface area contributed by atoms with Gasteiger partial charge in [0.15, 0.2) is 5.82 Å². The molecule has 0 saturated carbocycles. The van der Waals surface area contributed by atoms with Gasteiger partial charge in [-0.1, -0.05) is 13.8 Å². The van der Waals surface area contributed by atoms with Crippen LogP contribution in [0.25, 0.3) is 0 Å². The number of aryl methyl sites for hydroxylation is 1. The van der Waals surface area contributed by atoms with Gasteiger partial charge in [-0.05, 0) is 12.3 Å². The van der Waals surface area contributed by atoms with Crippen LogP contribution < -0.4 is 10.6 Å². The van der Waals surface area contributed by atoms with Crippen LogP contribution in [0.4, 0.5) is 0 Å². The molecule has 0 saturated heterocycles. The van der Waals surface area contributed by atoms with Crippen molar-refractivity contribution in [3.05, 3.63) is 29.6 Å². The first-order chi connectivity index (χ1) is 11.5. The highest BCUT2D eigenvalue weighted by atomic mass is 16.1. The largest absolute Gasteiger partial charge is 0.342 e. The molecule has 2 aromatic heterocycles. The molecule has 24 heavy (non-hydrogen) atoms. The zero-order chi connectivity index (χ0) is 17.1. The van der Waals surface area contributed by atoms with Gasteiger partial charge in [0.2, 0.25) is 0 Å². The van der Waals surface area contributed by atoms with Crippen molar-refractivity contribution in [3.63, 3.8) is 0 Å². The Bertz CT molecular complexity index is 703. The highest BCUT2D eigenvalue weighted by molar-refractivity contribution is 5.93. The van der Waals surface area contributed by atoms with Crippen LogP contribution >= 0.6 is 0 Å². The van der Waals surface area contributed by atoms with Gasteiger partial charge in [-0.15, -0.1) is 10.2 Å². The van der Waals surface area contributed by atoms with E-state index in [1.807, 2.05) is 0 Å². The summed E-state index contributed by atoms with van der Waals surface area (Å²) < 4.78 is 3.78. The summed E-state index contributed by atoms with van der Waals surface area (Å²) in [6.45, 7) is 6.92. The number of rotatable bonds is 5. The lowest BCUT2D eigenvalue weighted by Crippen LogP contribution is -2.32. The van der Waals surface area contributed by atoms with Crippen molar-refractivity contribution in [3.8, 4) is 0 Å². The molecular weight excluding hydrogens is 306 g/mol. The van der Waals surface area contributed by atoms with Gasteiger partial charge in [-0.2, -0.15) is 5.10 Å². The molecule has 8 heteroatoms. The molecule has 0 bridgehead atoms. The van der Waals surface area contributed by atoms with Gasteiger partial charge in [-0.25, -0.2) is 0 Å². The van der Waals surface area contributed by atoms with Crippen LogP contribution in [-0.4, -0.2) is 43.5 Å².